The van der Waals surface area contributed by atoms with Crippen molar-refractivity contribution in [2.24, 2.45) is 0 Å². The summed E-state index contributed by atoms with van der Waals surface area (Å²) in [7, 11) is 0. The number of carbonyl (C=O) groups excluding carboxylic acids is 1. The van der Waals surface area contributed by atoms with Crippen LogP contribution in [-0.2, 0) is 4.79 Å². The Morgan fingerprint density at radius 1 is 1.25 bits per heavy atom. The van der Waals surface area contributed by atoms with Crippen LogP contribution in [0, 0.1) is 0 Å². The summed E-state index contributed by atoms with van der Waals surface area (Å²) in [5.74, 6) is -1.17. The Morgan fingerprint density at radius 3 is 2.50 bits per heavy atom. The third-order valence-corrected chi connectivity index (χ3v) is 4.70. The van der Waals surface area contributed by atoms with Gasteiger partial charge < -0.3 is 15.0 Å². The lowest BCUT2D eigenvalue weighted by atomic mass is 9.92. The van der Waals surface area contributed by atoms with E-state index in [9.17, 15) is 14.7 Å². The van der Waals surface area contributed by atoms with Gasteiger partial charge in [-0.1, -0.05) is 12.8 Å². The van der Waals surface area contributed by atoms with E-state index >= 15 is 0 Å². The molecule has 2 fully saturated rings. The average molecular weight is 276 g/mol. The van der Waals surface area contributed by atoms with Crippen molar-refractivity contribution >= 4 is 11.9 Å². The zero-order valence-corrected chi connectivity index (χ0v) is 11.5. The molecule has 0 unspecified atom stereocenters. The van der Waals surface area contributed by atoms with Crippen molar-refractivity contribution < 1.29 is 14.7 Å². The number of nitrogens with zero attached hydrogens (tertiary/aromatic N) is 1. The Hall–Kier alpha value is -1.78. The fraction of sp³-hybridized carbons (Fsp3) is 0.600. The molecule has 0 aromatic carbocycles. The standard InChI is InChI=1S/C15H20N2O3/c18-13(16-15(14(19)20)8-1-2-9-15)12-7-4-10-17(12)11-5-3-6-11/h4,7,10-11H,1-3,5-6,8-9H2,(H,16,18)(H,19,20). The molecule has 20 heavy (non-hydrogen) atoms. The van der Waals surface area contributed by atoms with Crippen molar-refractivity contribution in [2.45, 2.75) is 56.5 Å². The molecule has 1 aromatic heterocycles. The van der Waals surface area contributed by atoms with Crippen LogP contribution in [-0.4, -0.2) is 27.1 Å². The van der Waals surface area contributed by atoms with Gasteiger partial charge in [-0.3, -0.25) is 4.79 Å². The number of hydrogen-bond donors (Lipinski definition) is 2. The van der Waals surface area contributed by atoms with Gasteiger partial charge in [-0.2, -0.15) is 0 Å². The number of amides is 1. The minimum absolute atomic E-state index is 0.258. The summed E-state index contributed by atoms with van der Waals surface area (Å²) in [6, 6.07) is 4.03. The van der Waals surface area contributed by atoms with Crippen molar-refractivity contribution in [3.8, 4) is 0 Å². The second-order valence-electron chi connectivity index (χ2n) is 5.93. The molecule has 108 valence electrons. The Kier molecular flexibility index (Phi) is 3.28. The molecule has 0 bridgehead atoms. The zero-order chi connectivity index (χ0) is 14.2. The van der Waals surface area contributed by atoms with Gasteiger partial charge in [-0.25, -0.2) is 4.79 Å². The minimum atomic E-state index is -1.06. The Morgan fingerprint density at radius 2 is 1.95 bits per heavy atom. The van der Waals surface area contributed by atoms with E-state index in [4.69, 9.17) is 0 Å². The maximum Gasteiger partial charge on any atom is 0.329 e. The molecule has 1 amide bonds. The lowest BCUT2D eigenvalue weighted by Crippen LogP contribution is -2.52. The third-order valence-electron chi connectivity index (χ3n) is 4.70. The summed E-state index contributed by atoms with van der Waals surface area (Å²) in [5, 5.41) is 12.2. The van der Waals surface area contributed by atoms with Crippen LogP contribution in [0.5, 0.6) is 0 Å². The van der Waals surface area contributed by atoms with Gasteiger partial charge in [0.15, 0.2) is 0 Å². The van der Waals surface area contributed by atoms with Gasteiger partial charge in [0.05, 0.1) is 0 Å². The molecule has 5 heteroatoms. The zero-order valence-electron chi connectivity index (χ0n) is 11.5. The minimum Gasteiger partial charge on any atom is -0.480 e. The van der Waals surface area contributed by atoms with Crippen molar-refractivity contribution in [1.82, 2.24) is 9.88 Å². The highest BCUT2D eigenvalue weighted by molar-refractivity contribution is 5.97. The van der Waals surface area contributed by atoms with E-state index < -0.39 is 11.5 Å². The average Bonchev–Trinajstić information content (AvgIpc) is 2.96. The third kappa shape index (κ3) is 2.11. The van der Waals surface area contributed by atoms with Gasteiger partial charge in [0.2, 0.25) is 0 Å². The van der Waals surface area contributed by atoms with Gasteiger partial charge in [0.25, 0.3) is 5.91 Å². The van der Waals surface area contributed by atoms with Crippen LogP contribution in [0.15, 0.2) is 18.3 Å². The molecule has 1 aromatic rings. The van der Waals surface area contributed by atoms with Crippen LogP contribution in [0.2, 0.25) is 0 Å². The van der Waals surface area contributed by atoms with E-state index in [1.807, 2.05) is 16.8 Å². The van der Waals surface area contributed by atoms with Crippen LogP contribution in [0.4, 0.5) is 0 Å². The van der Waals surface area contributed by atoms with E-state index in [0.29, 0.717) is 24.6 Å². The summed E-state index contributed by atoms with van der Waals surface area (Å²) in [4.78, 5) is 23.9. The predicted molar refractivity (Wildman–Crippen MR) is 73.6 cm³/mol. The largest absolute Gasteiger partial charge is 0.480 e. The molecule has 0 spiro atoms. The fourth-order valence-corrected chi connectivity index (χ4v) is 3.22. The molecule has 3 rings (SSSR count). The number of hydrogen-bond acceptors (Lipinski definition) is 2. The van der Waals surface area contributed by atoms with Gasteiger partial charge in [-0.15, -0.1) is 0 Å². The van der Waals surface area contributed by atoms with Gasteiger partial charge in [-0.05, 0) is 44.2 Å². The van der Waals surface area contributed by atoms with Crippen molar-refractivity contribution in [2.75, 3.05) is 0 Å². The molecule has 0 aliphatic heterocycles. The lowest BCUT2D eigenvalue weighted by Gasteiger charge is -2.30. The second kappa shape index (κ2) is 4.96. The summed E-state index contributed by atoms with van der Waals surface area (Å²) in [6.45, 7) is 0. The number of carbonyl (C=O) groups is 2. The van der Waals surface area contributed by atoms with Crippen LogP contribution >= 0.6 is 0 Å². The smallest absolute Gasteiger partial charge is 0.329 e. The van der Waals surface area contributed by atoms with E-state index in [2.05, 4.69) is 5.32 Å². The van der Waals surface area contributed by atoms with Crippen molar-refractivity contribution in [1.29, 1.82) is 0 Å². The first-order valence-corrected chi connectivity index (χ1v) is 7.35. The first-order chi connectivity index (χ1) is 9.62. The summed E-state index contributed by atoms with van der Waals surface area (Å²) in [5.41, 5.74) is -0.478. The normalized spacial score (nSPS) is 21.4. The molecule has 5 nitrogen and oxygen atoms in total. The second-order valence-corrected chi connectivity index (χ2v) is 5.93. The first kappa shape index (κ1) is 13.2. The van der Waals surface area contributed by atoms with E-state index in [1.54, 1.807) is 6.07 Å². The predicted octanol–water partition coefficient (Wildman–Crippen LogP) is 2.34. The number of aliphatic carboxylic acids is 1. The molecule has 0 saturated heterocycles. The monoisotopic (exact) mass is 276 g/mol. The number of carboxylic acids is 1. The first-order valence-electron chi connectivity index (χ1n) is 7.35. The van der Waals surface area contributed by atoms with Gasteiger partial charge in [0.1, 0.15) is 11.2 Å². The van der Waals surface area contributed by atoms with E-state index in [-0.39, 0.29) is 5.91 Å². The molecular formula is C15H20N2O3. The highest BCUT2D eigenvalue weighted by atomic mass is 16.4. The molecule has 2 aliphatic carbocycles. The highest BCUT2D eigenvalue weighted by Crippen LogP contribution is 2.34. The van der Waals surface area contributed by atoms with Crippen LogP contribution in [0.25, 0.3) is 0 Å². The quantitative estimate of drug-likeness (QED) is 0.886. The van der Waals surface area contributed by atoms with E-state index in [1.165, 1.54) is 6.42 Å². The fourth-order valence-electron chi connectivity index (χ4n) is 3.22. The Bertz CT molecular complexity index is 525. The molecule has 2 N–H and O–H groups in total. The van der Waals surface area contributed by atoms with Crippen LogP contribution in [0.3, 0.4) is 0 Å². The van der Waals surface area contributed by atoms with Crippen LogP contribution < -0.4 is 5.32 Å². The molecular weight excluding hydrogens is 256 g/mol. The maximum atomic E-state index is 12.4. The molecule has 0 atom stereocenters. The van der Waals surface area contributed by atoms with Crippen molar-refractivity contribution in [3.05, 3.63) is 24.0 Å². The highest BCUT2D eigenvalue weighted by Gasteiger charge is 2.43. The summed E-state index contributed by atoms with van der Waals surface area (Å²) < 4.78 is 1.99. The number of carboxylic acid groups (broad SMARTS) is 1. The molecule has 1 heterocycles. The van der Waals surface area contributed by atoms with E-state index in [0.717, 1.165) is 25.7 Å². The topological polar surface area (TPSA) is 71.3 Å². The van der Waals surface area contributed by atoms with Crippen LogP contribution in [0.1, 0.15) is 61.5 Å². The Labute approximate surface area is 118 Å². The van der Waals surface area contributed by atoms with Gasteiger partial charge >= 0.3 is 5.97 Å². The molecule has 2 aliphatic rings. The number of rotatable bonds is 4. The summed E-state index contributed by atoms with van der Waals surface area (Å²) >= 11 is 0. The molecule has 0 radical (unpaired) electrons. The number of aromatic nitrogens is 1. The summed E-state index contributed by atoms with van der Waals surface area (Å²) in [6.07, 6.45) is 8.07. The SMILES string of the molecule is O=C(NC1(C(=O)O)CCCC1)c1cccn1C1CCC1. The Balaban J connectivity index is 1.79. The number of nitrogens with one attached hydrogen (secondary N) is 1. The van der Waals surface area contributed by atoms with Gasteiger partial charge in [0, 0.05) is 12.2 Å². The lowest BCUT2D eigenvalue weighted by molar-refractivity contribution is -0.144. The van der Waals surface area contributed by atoms with Crippen molar-refractivity contribution in [3.63, 3.8) is 0 Å². The maximum absolute atomic E-state index is 12.4. The molecule has 2 saturated carbocycles.